The van der Waals surface area contributed by atoms with Gasteiger partial charge in [0.25, 0.3) is 0 Å². The van der Waals surface area contributed by atoms with Crippen molar-refractivity contribution in [3.63, 3.8) is 0 Å². The van der Waals surface area contributed by atoms with Crippen molar-refractivity contribution in [2.45, 2.75) is 13.0 Å². The highest BCUT2D eigenvalue weighted by Gasteiger charge is 2.22. The summed E-state index contributed by atoms with van der Waals surface area (Å²) < 4.78 is 20.7. The summed E-state index contributed by atoms with van der Waals surface area (Å²) in [5.74, 6) is -0.433. The molecule has 1 amide bonds. The molecule has 0 radical (unpaired) electrons. The number of aliphatic hydroxyl groups excluding tert-OH is 1. The predicted molar refractivity (Wildman–Crippen MR) is 108 cm³/mol. The molecule has 0 saturated carbocycles. The number of ether oxygens (including phenoxy) is 1. The standard InChI is InChI=1S/C22H19ClFNO3/c1-13(26)25-17-8-6-14(7-9-17)22(27)18-10-11-19(28-2)20(21(18)24)15-4-3-5-16(23)12-15/h3-12,22,27H,1-2H3,(H,25,26)/t22-/m0/s1. The van der Waals surface area contributed by atoms with E-state index in [0.29, 0.717) is 27.6 Å². The molecule has 4 nitrogen and oxygen atoms in total. The molecule has 2 N–H and O–H groups in total. The zero-order chi connectivity index (χ0) is 20.3. The molecule has 0 heterocycles. The van der Waals surface area contributed by atoms with E-state index in [-0.39, 0.29) is 17.0 Å². The first-order valence-electron chi connectivity index (χ1n) is 8.58. The van der Waals surface area contributed by atoms with E-state index in [9.17, 15) is 9.90 Å². The number of carbonyl (C=O) groups excluding carboxylic acids is 1. The van der Waals surface area contributed by atoms with Gasteiger partial charge in [0.1, 0.15) is 17.7 Å². The summed E-state index contributed by atoms with van der Waals surface area (Å²) in [5, 5.41) is 13.9. The first kappa shape index (κ1) is 19.9. The molecule has 0 saturated heterocycles. The van der Waals surface area contributed by atoms with Crippen molar-refractivity contribution in [3.8, 4) is 16.9 Å². The Morgan fingerprint density at radius 2 is 1.86 bits per heavy atom. The molecule has 28 heavy (non-hydrogen) atoms. The maximum absolute atomic E-state index is 15.4. The highest BCUT2D eigenvalue weighted by Crippen LogP contribution is 2.38. The lowest BCUT2D eigenvalue weighted by atomic mass is 9.95. The minimum Gasteiger partial charge on any atom is -0.496 e. The van der Waals surface area contributed by atoms with Gasteiger partial charge >= 0.3 is 0 Å². The zero-order valence-electron chi connectivity index (χ0n) is 15.4. The number of carbonyl (C=O) groups is 1. The van der Waals surface area contributed by atoms with Gasteiger partial charge < -0.3 is 15.2 Å². The summed E-state index contributed by atoms with van der Waals surface area (Å²) in [5.41, 5.74) is 1.99. The number of hydrogen-bond acceptors (Lipinski definition) is 3. The van der Waals surface area contributed by atoms with Gasteiger partial charge in [-0.05, 0) is 47.5 Å². The molecule has 3 aromatic rings. The van der Waals surface area contributed by atoms with Crippen LogP contribution in [0.3, 0.4) is 0 Å². The van der Waals surface area contributed by atoms with Crippen LogP contribution in [0.2, 0.25) is 5.02 Å². The monoisotopic (exact) mass is 399 g/mol. The van der Waals surface area contributed by atoms with Crippen molar-refractivity contribution < 1.29 is 19.0 Å². The third-order valence-corrected chi connectivity index (χ3v) is 4.54. The molecular weight excluding hydrogens is 381 g/mol. The van der Waals surface area contributed by atoms with Crippen LogP contribution in [0.5, 0.6) is 5.75 Å². The molecule has 0 bridgehead atoms. The van der Waals surface area contributed by atoms with E-state index in [0.717, 1.165) is 0 Å². The Labute approximate surface area is 167 Å². The molecule has 0 spiro atoms. The van der Waals surface area contributed by atoms with Gasteiger partial charge in [0.05, 0.1) is 12.7 Å². The molecule has 1 atom stereocenters. The molecule has 0 aliphatic carbocycles. The number of anilines is 1. The maximum atomic E-state index is 15.4. The lowest BCUT2D eigenvalue weighted by Gasteiger charge is -2.18. The summed E-state index contributed by atoms with van der Waals surface area (Å²) in [4.78, 5) is 11.1. The minimum absolute atomic E-state index is 0.114. The summed E-state index contributed by atoms with van der Waals surface area (Å²) >= 11 is 6.05. The molecule has 0 aliphatic heterocycles. The fraction of sp³-hybridized carbons (Fsp3) is 0.136. The van der Waals surface area contributed by atoms with Crippen molar-refractivity contribution >= 4 is 23.2 Å². The van der Waals surface area contributed by atoms with E-state index in [1.54, 1.807) is 54.6 Å². The summed E-state index contributed by atoms with van der Waals surface area (Å²) in [6.07, 6.45) is -1.18. The third kappa shape index (κ3) is 4.16. The van der Waals surface area contributed by atoms with Crippen molar-refractivity contribution in [1.82, 2.24) is 0 Å². The topological polar surface area (TPSA) is 58.6 Å². The van der Waals surface area contributed by atoms with Crippen molar-refractivity contribution in [1.29, 1.82) is 0 Å². The average Bonchev–Trinajstić information content (AvgIpc) is 2.67. The average molecular weight is 400 g/mol. The lowest BCUT2D eigenvalue weighted by Crippen LogP contribution is -2.07. The van der Waals surface area contributed by atoms with Crippen LogP contribution >= 0.6 is 11.6 Å². The van der Waals surface area contributed by atoms with Gasteiger partial charge in [0.2, 0.25) is 5.91 Å². The Morgan fingerprint density at radius 1 is 1.14 bits per heavy atom. The van der Waals surface area contributed by atoms with Gasteiger partial charge in [-0.1, -0.05) is 35.9 Å². The van der Waals surface area contributed by atoms with E-state index >= 15 is 4.39 Å². The van der Waals surface area contributed by atoms with Crippen LogP contribution in [0.1, 0.15) is 24.2 Å². The number of methoxy groups -OCH3 is 1. The second-order valence-electron chi connectivity index (χ2n) is 6.26. The molecule has 3 aromatic carbocycles. The Bertz CT molecular complexity index is 1010. The number of rotatable bonds is 5. The van der Waals surface area contributed by atoms with Gasteiger partial charge in [-0.15, -0.1) is 0 Å². The van der Waals surface area contributed by atoms with E-state index < -0.39 is 11.9 Å². The molecule has 0 aromatic heterocycles. The summed E-state index contributed by atoms with van der Waals surface area (Å²) in [7, 11) is 1.46. The number of nitrogens with one attached hydrogen (secondary N) is 1. The van der Waals surface area contributed by atoms with E-state index in [1.165, 1.54) is 20.1 Å². The Kier molecular flexibility index (Phi) is 5.97. The second kappa shape index (κ2) is 8.42. The van der Waals surface area contributed by atoms with E-state index in [1.807, 2.05) is 0 Å². The smallest absolute Gasteiger partial charge is 0.221 e. The lowest BCUT2D eigenvalue weighted by molar-refractivity contribution is -0.114. The maximum Gasteiger partial charge on any atom is 0.221 e. The predicted octanol–water partition coefficient (Wildman–Crippen LogP) is 5.19. The first-order valence-corrected chi connectivity index (χ1v) is 8.96. The van der Waals surface area contributed by atoms with Crippen molar-refractivity contribution in [2.75, 3.05) is 12.4 Å². The SMILES string of the molecule is COc1ccc([C@@H](O)c2ccc(NC(C)=O)cc2)c(F)c1-c1cccc(Cl)c1. The number of hydrogen-bond donors (Lipinski definition) is 2. The second-order valence-corrected chi connectivity index (χ2v) is 6.70. The van der Waals surface area contributed by atoms with Gasteiger partial charge in [0, 0.05) is 23.2 Å². The number of amides is 1. The van der Waals surface area contributed by atoms with E-state index in [2.05, 4.69) is 5.32 Å². The molecule has 0 aliphatic rings. The third-order valence-electron chi connectivity index (χ3n) is 4.31. The largest absolute Gasteiger partial charge is 0.496 e. The van der Waals surface area contributed by atoms with Crippen LogP contribution in [0.25, 0.3) is 11.1 Å². The molecule has 0 fully saturated rings. The number of halogens is 2. The summed E-state index contributed by atoms with van der Waals surface area (Å²) in [6, 6.07) is 16.5. The van der Waals surface area contributed by atoms with E-state index in [4.69, 9.17) is 16.3 Å². The van der Waals surface area contributed by atoms with Gasteiger partial charge in [-0.3, -0.25) is 4.79 Å². The van der Waals surface area contributed by atoms with Crippen LogP contribution in [0.4, 0.5) is 10.1 Å². The molecular formula is C22H19ClFNO3. The zero-order valence-corrected chi connectivity index (χ0v) is 16.1. The molecule has 0 unspecified atom stereocenters. The first-order chi connectivity index (χ1) is 13.4. The van der Waals surface area contributed by atoms with Crippen molar-refractivity contribution in [2.24, 2.45) is 0 Å². The van der Waals surface area contributed by atoms with Crippen LogP contribution in [0, 0.1) is 5.82 Å². The molecule has 6 heteroatoms. The Hall–Kier alpha value is -2.89. The normalized spacial score (nSPS) is 11.8. The fourth-order valence-corrected chi connectivity index (χ4v) is 3.19. The van der Waals surface area contributed by atoms with Gasteiger partial charge in [-0.2, -0.15) is 0 Å². The Morgan fingerprint density at radius 3 is 2.46 bits per heavy atom. The molecule has 3 rings (SSSR count). The van der Waals surface area contributed by atoms with Crippen LogP contribution in [-0.2, 0) is 4.79 Å². The fourth-order valence-electron chi connectivity index (χ4n) is 3.00. The quantitative estimate of drug-likeness (QED) is 0.620. The van der Waals surface area contributed by atoms with Gasteiger partial charge in [0.15, 0.2) is 0 Å². The minimum atomic E-state index is -1.18. The number of benzene rings is 3. The number of aliphatic hydroxyl groups is 1. The van der Waals surface area contributed by atoms with Crippen LogP contribution < -0.4 is 10.1 Å². The van der Waals surface area contributed by atoms with Crippen LogP contribution in [0.15, 0.2) is 60.7 Å². The highest BCUT2D eigenvalue weighted by molar-refractivity contribution is 6.30. The summed E-state index contributed by atoms with van der Waals surface area (Å²) in [6.45, 7) is 1.41. The van der Waals surface area contributed by atoms with Crippen LogP contribution in [-0.4, -0.2) is 18.1 Å². The molecule has 144 valence electrons. The Balaban J connectivity index is 2.02. The van der Waals surface area contributed by atoms with Crippen molar-refractivity contribution in [3.05, 3.63) is 82.6 Å². The highest BCUT2D eigenvalue weighted by atomic mass is 35.5. The van der Waals surface area contributed by atoms with Gasteiger partial charge in [-0.25, -0.2) is 4.39 Å².